The van der Waals surface area contributed by atoms with Gasteiger partial charge in [0.1, 0.15) is 11.6 Å². The van der Waals surface area contributed by atoms with Gasteiger partial charge in [0.15, 0.2) is 0 Å². The van der Waals surface area contributed by atoms with Crippen LogP contribution in [0.15, 0.2) is 24.4 Å². The van der Waals surface area contributed by atoms with E-state index in [9.17, 15) is 13.6 Å². The van der Waals surface area contributed by atoms with Crippen LogP contribution < -0.4 is 5.32 Å². The van der Waals surface area contributed by atoms with Crippen molar-refractivity contribution < 1.29 is 18.3 Å². The number of carbonyl (C=O) groups excluding carboxylic acids is 1. The van der Waals surface area contributed by atoms with Crippen LogP contribution in [0, 0.1) is 18.6 Å². The number of hydrogen-bond acceptors (Lipinski definition) is 5. The molecule has 0 spiro atoms. The van der Waals surface area contributed by atoms with Crippen molar-refractivity contribution in [1.82, 2.24) is 9.97 Å². The van der Waals surface area contributed by atoms with Crippen molar-refractivity contribution in [2.24, 2.45) is 0 Å². The number of halogens is 2. The van der Waals surface area contributed by atoms with Gasteiger partial charge in [-0.15, -0.1) is 0 Å². The fourth-order valence-corrected chi connectivity index (χ4v) is 1.65. The van der Waals surface area contributed by atoms with E-state index in [1.807, 2.05) is 0 Å². The first-order valence-corrected chi connectivity index (χ1v) is 6.24. The van der Waals surface area contributed by atoms with Gasteiger partial charge in [0.25, 0.3) is 0 Å². The molecule has 0 atom stereocenters. The topological polar surface area (TPSA) is 64.1 Å². The molecule has 7 heteroatoms. The lowest BCUT2D eigenvalue weighted by atomic mass is 10.2. The summed E-state index contributed by atoms with van der Waals surface area (Å²) < 4.78 is 31.2. The van der Waals surface area contributed by atoms with Crippen molar-refractivity contribution in [3.05, 3.63) is 47.3 Å². The third-order valence-electron chi connectivity index (χ3n) is 2.65. The number of aryl methyl sites for hydroxylation is 1. The summed E-state index contributed by atoms with van der Waals surface area (Å²) in [6.45, 7) is 3.56. The maximum atomic E-state index is 13.5. The highest BCUT2D eigenvalue weighted by Gasteiger charge is 2.13. The van der Waals surface area contributed by atoms with E-state index < -0.39 is 17.6 Å². The van der Waals surface area contributed by atoms with E-state index in [0.29, 0.717) is 5.69 Å². The molecule has 2 aromatic rings. The molecule has 0 saturated heterocycles. The van der Waals surface area contributed by atoms with Crippen molar-refractivity contribution in [3.8, 4) is 0 Å². The molecule has 0 aliphatic carbocycles. The molecular formula is C14H13F2N3O2. The number of nitrogens with one attached hydrogen (secondary N) is 1. The van der Waals surface area contributed by atoms with Crippen LogP contribution >= 0.6 is 0 Å². The van der Waals surface area contributed by atoms with E-state index in [2.05, 4.69) is 15.3 Å². The number of benzene rings is 1. The first kappa shape index (κ1) is 14.8. The normalized spacial score (nSPS) is 10.3. The minimum Gasteiger partial charge on any atom is -0.462 e. The molecule has 0 radical (unpaired) electrons. The Labute approximate surface area is 120 Å². The Balaban J connectivity index is 2.22. The van der Waals surface area contributed by atoms with E-state index in [-0.39, 0.29) is 23.8 Å². The van der Waals surface area contributed by atoms with E-state index in [0.717, 1.165) is 12.1 Å². The van der Waals surface area contributed by atoms with Gasteiger partial charge in [0.05, 0.1) is 23.6 Å². The second kappa shape index (κ2) is 6.25. The van der Waals surface area contributed by atoms with Crippen molar-refractivity contribution in [2.75, 3.05) is 11.9 Å². The van der Waals surface area contributed by atoms with Crippen molar-refractivity contribution in [2.45, 2.75) is 13.8 Å². The maximum Gasteiger partial charge on any atom is 0.341 e. The van der Waals surface area contributed by atoms with Crippen LogP contribution in [0.3, 0.4) is 0 Å². The molecule has 0 bridgehead atoms. The largest absolute Gasteiger partial charge is 0.462 e. The van der Waals surface area contributed by atoms with E-state index in [1.54, 1.807) is 13.8 Å². The quantitative estimate of drug-likeness (QED) is 0.878. The molecular weight excluding hydrogens is 280 g/mol. The zero-order valence-electron chi connectivity index (χ0n) is 11.5. The summed E-state index contributed by atoms with van der Waals surface area (Å²) in [6.07, 6.45) is 1.30. The lowest BCUT2D eigenvalue weighted by Crippen LogP contribution is -2.10. The van der Waals surface area contributed by atoms with Gasteiger partial charge in [-0.05, 0) is 26.0 Å². The summed E-state index contributed by atoms with van der Waals surface area (Å²) in [5.41, 5.74) is 0.676. The number of nitrogens with zero attached hydrogens (tertiary/aromatic N) is 2. The van der Waals surface area contributed by atoms with E-state index in [1.165, 1.54) is 12.3 Å². The Kier molecular flexibility index (Phi) is 4.42. The number of esters is 1. The number of aromatic nitrogens is 2. The molecule has 5 nitrogen and oxygen atoms in total. The van der Waals surface area contributed by atoms with Gasteiger partial charge in [0.2, 0.25) is 5.95 Å². The summed E-state index contributed by atoms with van der Waals surface area (Å²) in [5.74, 6) is -1.85. The average molecular weight is 293 g/mol. The molecule has 110 valence electrons. The van der Waals surface area contributed by atoms with Crippen LogP contribution in [-0.2, 0) is 4.74 Å². The summed E-state index contributed by atoms with van der Waals surface area (Å²) in [7, 11) is 0. The zero-order valence-corrected chi connectivity index (χ0v) is 11.5. The molecule has 1 N–H and O–H groups in total. The van der Waals surface area contributed by atoms with Crippen LogP contribution in [0.1, 0.15) is 23.0 Å². The smallest absolute Gasteiger partial charge is 0.341 e. The number of ether oxygens (including phenoxy) is 1. The molecule has 0 fully saturated rings. The molecule has 2 rings (SSSR count). The lowest BCUT2D eigenvalue weighted by molar-refractivity contribution is 0.0524. The molecule has 1 aromatic heterocycles. The van der Waals surface area contributed by atoms with E-state index in [4.69, 9.17) is 4.74 Å². The Bertz CT molecular complexity index is 677. The molecule has 0 aliphatic rings. The fourth-order valence-electron chi connectivity index (χ4n) is 1.65. The average Bonchev–Trinajstić information content (AvgIpc) is 2.42. The minimum absolute atomic E-state index is 0.0414. The molecule has 1 aromatic carbocycles. The minimum atomic E-state index is -0.759. The number of anilines is 2. The van der Waals surface area contributed by atoms with Crippen LogP contribution in [0.25, 0.3) is 0 Å². The Morgan fingerprint density at radius 2 is 2.14 bits per heavy atom. The maximum absolute atomic E-state index is 13.5. The number of carbonyl (C=O) groups is 1. The third kappa shape index (κ3) is 3.50. The summed E-state index contributed by atoms with van der Waals surface area (Å²) >= 11 is 0. The SMILES string of the molecule is CCOC(=O)c1cnc(Nc2ccc(F)cc2F)nc1C. The number of hydrogen-bond donors (Lipinski definition) is 1. The monoisotopic (exact) mass is 293 g/mol. The van der Waals surface area contributed by atoms with Gasteiger partial charge in [-0.2, -0.15) is 0 Å². The van der Waals surface area contributed by atoms with Crippen molar-refractivity contribution >= 4 is 17.6 Å². The first-order chi connectivity index (χ1) is 10.0. The van der Waals surface area contributed by atoms with Crippen LogP contribution in [0.2, 0.25) is 0 Å². The van der Waals surface area contributed by atoms with Gasteiger partial charge in [-0.3, -0.25) is 0 Å². The van der Waals surface area contributed by atoms with Crippen LogP contribution in [0.5, 0.6) is 0 Å². The fraction of sp³-hybridized carbons (Fsp3) is 0.214. The standard InChI is InChI=1S/C14H13F2N3O2/c1-3-21-13(20)10-7-17-14(18-8(10)2)19-12-5-4-9(15)6-11(12)16/h4-7H,3H2,1-2H3,(H,17,18,19). The molecule has 21 heavy (non-hydrogen) atoms. The predicted molar refractivity (Wildman–Crippen MR) is 72.4 cm³/mol. The highest BCUT2D eigenvalue weighted by molar-refractivity contribution is 5.90. The molecule has 0 saturated carbocycles. The van der Waals surface area contributed by atoms with E-state index >= 15 is 0 Å². The van der Waals surface area contributed by atoms with Crippen molar-refractivity contribution in [1.29, 1.82) is 0 Å². The highest BCUT2D eigenvalue weighted by atomic mass is 19.1. The van der Waals surface area contributed by atoms with Gasteiger partial charge in [-0.25, -0.2) is 23.5 Å². The van der Waals surface area contributed by atoms with Gasteiger partial charge in [-0.1, -0.05) is 0 Å². The second-order valence-corrected chi connectivity index (χ2v) is 4.16. The highest BCUT2D eigenvalue weighted by Crippen LogP contribution is 2.19. The van der Waals surface area contributed by atoms with Crippen LogP contribution in [-0.4, -0.2) is 22.5 Å². The van der Waals surface area contributed by atoms with Crippen molar-refractivity contribution in [3.63, 3.8) is 0 Å². The zero-order chi connectivity index (χ0) is 15.4. The Morgan fingerprint density at radius 1 is 1.38 bits per heavy atom. The molecule has 1 heterocycles. The number of rotatable bonds is 4. The lowest BCUT2D eigenvalue weighted by Gasteiger charge is -2.08. The Morgan fingerprint density at radius 3 is 2.76 bits per heavy atom. The van der Waals surface area contributed by atoms with Gasteiger partial charge < -0.3 is 10.1 Å². The molecule has 0 amide bonds. The second-order valence-electron chi connectivity index (χ2n) is 4.16. The molecule has 0 unspecified atom stereocenters. The first-order valence-electron chi connectivity index (χ1n) is 6.24. The molecule has 0 aliphatic heterocycles. The van der Waals surface area contributed by atoms with Gasteiger partial charge >= 0.3 is 5.97 Å². The van der Waals surface area contributed by atoms with Gasteiger partial charge in [0, 0.05) is 12.3 Å². The van der Waals surface area contributed by atoms with Crippen LogP contribution in [0.4, 0.5) is 20.4 Å². The summed E-state index contributed by atoms with van der Waals surface area (Å²) in [4.78, 5) is 19.6. The summed E-state index contributed by atoms with van der Waals surface area (Å²) in [6, 6.07) is 3.11. The summed E-state index contributed by atoms with van der Waals surface area (Å²) in [5, 5.41) is 2.62. The predicted octanol–water partition coefficient (Wildman–Crippen LogP) is 2.98. The third-order valence-corrected chi connectivity index (χ3v) is 2.65. The Hall–Kier alpha value is -2.57.